The van der Waals surface area contributed by atoms with Crippen molar-refractivity contribution in [3.63, 3.8) is 0 Å². The van der Waals surface area contributed by atoms with E-state index >= 15 is 0 Å². The smallest absolute Gasteiger partial charge is 0.134 e. The lowest BCUT2D eigenvalue weighted by molar-refractivity contribution is 0.282. The Morgan fingerprint density at radius 3 is 2.80 bits per heavy atom. The molecule has 2 heteroatoms. The molecule has 0 aliphatic heterocycles. The van der Waals surface area contributed by atoms with Crippen molar-refractivity contribution in [3.8, 4) is 0 Å². The van der Waals surface area contributed by atoms with E-state index in [0.717, 1.165) is 24.3 Å². The third kappa shape index (κ3) is 2.37. The normalized spacial score (nSPS) is 21.6. The summed E-state index contributed by atoms with van der Waals surface area (Å²) >= 11 is 0. The molecular weight excluding hydrogens is 246 g/mol. The lowest BCUT2D eigenvalue weighted by Gasteiger charge is -2.28. The third-order valence-corrected chi connectivity index (χ3v) is 4.89. The summed E-state index contributed by atoms with van der Waals surface area (Å²) in [5.74, 6) is 1.13. The fraction of sp³-hybridized carbons (Fsp3) is 0.556. The number of para-hydroxylation sites is 1. The van der Waals surface area contributed by atoms with Gasteiger partial charge in [0.05, 0.1) is 0 Å². The maximum absolute atomic E-state index is 5.98. The molecule has 108 valence electrons. The van der Waals surface area contributed by atoms with E-state index in [1.165, 1.54) is 30.2 Å². The number of fused-ring (bicyclic) bond motifs is 1. The summed E-state index contributed by atoms with van der Waals surface area (Å²) < 4.78 is 5.98. The van der Waals surface area contributed by atoms with Crippen molar-refractivity contribution >= 4 is 11.0 Å². The van der Waals surface area contributed by atoms with Crippen LogP contribution in [0, 0.1) is 5.41 Å². The first-order valence-corrected chi connectivity index (χ1v) is 7.84. The van der Waals surface area contributed by atoms with E-state index in [9.17, 15) is 0 Å². The predicted molar refractivity (Wildman–Crippen MR) is 83.9 cm³/mol. The second-order valence-electron chi connectivity index (χ2n) is 6.67. The maximum Gasteiger partial charge on any atom is 0.134 e. The number of nitrogens with one attached hydrogen (secondary N) is 1. The minimum absolute atomic E-state index is 0.423. The summed E-state index contributed by atoms with van der Waals surface area (Å²) in [6.45, 7) is 7.85. The Labute approximate surface area is 121 Å². The van der Waals surface area contributed by atoms with Crippen molar-refractivity contribution in [1.29, 1.82) is 0 Å². The van der Waals surface area contributed by atoms with Gasteiger partial charge in [-0.15, -0.1) is 0 Å². The second kappa shape index (κ2) is 5.25. The predicted octanol–water partition coefficient (Wildman–Crippen LogP) is 4.66. The molecule has 0 spiro atoms. The number of hydrogen-bond donors (Lipinski definition) is 1. The van der Waals surface area contributed by atoms with Gasteiger partial charge in [-0.3, -0.25) is 0 Å². The van der Waals surface area contributed by atoms with Gasteiger partial charge in [0.2, 0.25) is 0 Å². The molecule has 1 heterocycles. The Bertz CT molecular complexity index is 596. The molecule has 1 unspecified atom stereocenters. The summed E-state index contributed by atoms with van der Waals surface area (Å²) in [5, 5.41) is 5.05. The van der Waals surface area contributed by atoms with Crippen molar-refractivity contribution in [1.82, 2.24) is 5.32 Å². The third-order valence-electron chi connectivity index (χ3n) is 4.89. The van der Waals surface area contributed by atoms with E-state index < -0.39 is 0 Å². The molecule has 0 amide bonds. The van der Waals surface area contributed by atoms with Gasteiger partial charge in [-0.2, -0.15) is 0 Å². The van der Waals surface area contributed by atoms with Crippen LogP contribution in [0.5, 0.6) is 0 Å². The van der Waals surface area contributed by atoms with Gasteiger partial charge in [0, 0.05) is 30.0 Å². The molecule has 2 nitrogen and oxygen atoms in total. The topological polar surface area (TPSA) is 25.2 Å². The van der Waals surface area contributed by atoms with Crippen molar-refractivity contribution in [2.45, 2.75) is 59.0 Å². The van der Waals surface area contributed by atoms with E-state index in [4.69, 9.17) is 4.42 Å². The molecule has 1 aliphatic rings. The fourth-order valence-corrected chi connectivity index (χ4v) is 3.56. The van der Waals surface area contributed by atoms with Gasteiger partial charge in [0.25, 0.3) is 0 Å². The van der Waals surface area contributed by atoms with Gasteiger partial charge in [-0.05, 0) is 24.3 Å². The minimum atomic E-state index is 0.423. The first-order valence-electron chi connectivity index (χ1n) is 7.84. The minimum Gasteiger partial charge on any atom is -0.461 e. The largest absolute Gasteiger partial charge is 0.461 e. The summed E-state index contributed by atoms with van der Waals surface area (Å²) in [7, 11) is 0. The standard InChI is InChI=1S/C18H25NO/c1-4-15-14(13-8-5-6-9-16(13)20-15)12-19-17-10-7-11-18(17,2)3/h5-6,8-9,17,19H,4,7,10-12H2,1-3H3. The van der Waals surface area contributed by atoms with Crippen molar-refractivity contribution in [3.05, 3.63) is 35.6 Å². The van der Waals surface area contributed by atoms with Crippen LogP contribution in [0.1, 0.15) is 51.4 Å². The lowest BCUT2D eigenvalue weighted by Crippen LogP contribution is -2.37. The first-order chi connectivity index (χ1) is 9.62. The molecule has 0 radical (unpaired) electrons. The Kier molecular flexibility index (Phi) is 3.59. The zero-order valence-corrected chi connectivity index (χ0v) is 12.8. The highest BCUT2D eigenvalue weighted by molar-refractivity contribution is 5.82. The molecule has 1 aromatic carbocycles. The molecule has 1 N–H and O–H groups in total. The number of aryl methyl sites for hydroxylation is 1. The summed E-state index contributed by atoms with van der Waals surface area (Å²) in [6.07, 6.45) is 4.93. The monoisotopic (exact) mass is 271 g/mol. The highest BCUT2D eigenvalue weighted by Gasteiger charge is 2.34. The van der Waals surface area contributed by atoms with E-state index in [2.05, 4.69) is 44.3 Å². The molecule has 1 aromatic heterocycles. The summed E-state index contributed by atoms with van der Waals surface area (Å²) in [6, 6.07) is 9.01. The van der Waals surface area contributed by atoms with Gasteiger partial charge in [-0.1, -0.05) is 45.4 Å². The van der Waals surface area contributed by atoms with E-state index in [-0.39, 0.29) is 0 Å². The average molecular weight is 271 g/mol. The van der Waals surface area contributed by atoms with Crippen molar-refractivity contribution in [2.75, 3.05) is 0 Å². The Balaban J connectivity index is 1.83. The van der Waals surface area contributed by atoms with Crippen LogP contribution in [0.2, 0.25) is 0 Å². The zero-order chi connectivity index (χ0) is 14.2. The maximum atomic E-state index is 5.98. The highest BCUT2D eigenvalue weighted by atomic mass is 16.3. The van der Waals surface area contributed by atoms with Gasteiger partial charge >= 0.3 is 0 Å². The Hall–Kier alpha value is -1.28. The van der Waals surface area contributed by atoms with Crippen molar-refractivity contribution in [2.24, 2.45) is 5.41 Å². The fourth-order valence-electron chi connectivity index (χ4n) is 3.56. The van der Waals surface area contributed by atoms with Gasteiger partial charge in [-0.25, -0.2) is 0 Å². The van der Waals surface area contributed by atoms with Crippen LogP contribution in [0.4, 0.5) is 0 Å². The van der Waals surface area contributed by atoms with Crippen molar-refractivity contribution < 1.29 is 4.42 Å². The van der Waals surface area contributed by atoms with Crippen LogP contribution in [0.3, 0.4) is 0 Å². The Morgan fingerprint density at radius 1 is 1.30 bits per heavy atom. The molecule has 2 aromatic rings. The summed E-state index contributed by atoms with van der Waals surface area (Å²) in [5.41, 5.74) is 2.80. The number of rotatable bonds is 4. The van der Waals surface area contributed by atoms with Crippen LogP contribution >= 0.6 is 0 Å². The first kappa shape index (κ1) is 13.7. The molecule has 1 aliphatic carbocycles. The molecule has 20 heavy (non-hydrogen) atoms. The molecule has 1 saturated carbocycles. The van der Waals surface area contributed by atoms with E-state index in [1.54, 1.807) is 0 Å². The van der Waals surface area contributed by atoms with Crippen LogP contribution in [0.15, 0.2) is 28.7 Å². The molecule has 3 rings (SSSR count). The van der Waals surface area contributed by atoms with E-state index in [0.29, 0.717) is 11.5 Å². The molecular formula is C18H25NO. The number of furan rings is 1. The summed E-state index contributed by atoms with van der Waals surface area (Å²) in [4.78, 5) is 0. The van der Waals surface area contributed by atoms with Crippen LogP contribution in [0.25, 0.3) is 11.0 Å². The molecule has 1 atom stereocenters. The van der Waals surface area contributed by atoms with Gasteiger partial charge in [0.15, 0.2) is 0 Å². The van der Waals surface area contributed by atoms with E-state index in [1.807, 2.05) is 6.07 Å². The molecule has 1 fully saturated rings. The van der Waals surface area contributed by atoms with Crippen LogP contribution in [-0.4, -0.2) is 6.04 Å². The number of hydrogen-bond acceptors (Lipinski definition) is 2. The zero-order valence-electron chi connectivity index (χ0n) is 12.8. The Morgan fingerprint density at radius 2 is 2.10 bits per heavy atom. The van der Waals surface area contributed by atoms with Crippen LogP contribution in [-0.2, 0) is 13.0 Å². The number of benzene rings is 1. The quantitative estimate of drug-likeness (QED) is 0.874. The molecule has 0 saturated heterocycles. The molecule has 0 bridgehead atoms. The van der Waals surface area contributed by atoms with Crippen LogP contribution < -0.4 is 5.32 Å². The highest BCUT2D eigenvalue weighted by Crippen LogP contribution is 2.37. The second-order valence-corrected chi connectivity index (χ2v) is 6.67. The SMILES string of the molecule is CCc1oc2ccccc2c1CNC1CCCC1(C)C. The average Bonchev–Trinajstić information content (AvgIpc) is 2.96. The lowest BCUT2D eigenvalue weighted by atomic mass is 9.87. The van der Waals surface area contributed by atoms with Gasteiger partial charge < -0.3 is 9.73 Å². The van der Waals surface area contributed by atoms with Gasteiger partial charge in [0.1, 0.15) is 11.3 Å².